The molecule has 0 heterocycles. The Hall–Kier alpha value is -3.19. The van der Waals surface area contributed by atoms with Crippen LogP contribution in [0.1, 0.15) is 40.2 Å². The normalized spacial score (nSPS) is 14.6. The molecule has 2 aromatic carbocycles. The molecule has 0 aromatic heterocycles. The van der Waals surface area contributed by atoms with E-state index in [4.69, 9.17) is 25.5 Å². The molecule has 30 heavy (non-hydrogen) atoms. The Bertz CT molecular complexity index is 912. The van der Waals surface area contributed by atoms with Gasteiger partial charge in [-0.3, -0.25) is 4.79 Å². The number of aliphatic carboxylic acids is 2. The van der Waals surface area contributed by atoms with E-state index in [9.17, 15) is 4.79 Å². The number of nitrogens with two attached hydrogens (primary N) is 1. The van der Waals surface area contributed by atoms with Crippen LogP contribution in [0.5, 0.6) is 0 Å². The van der Waals surface area contributed by atoms with Crippen molar-refractivity contribution in [1.29, 1.82) is 0 Å². The van der Waals surface area contributed by atoms with Crippen molar-refractivity contribution in [2.75, 3.05) is 20.6 Å². The molecule has 0 spiro atoms. The minimum Gasteiger partial charge on any atom is -0.473 e. The third-order valence-corrected chi connectivity index (χ3v) is 5.09. The summed E-state index contributed by atoms with van der Waals surface area (Å²) in [6, 6.07) is 14.8. The molecule has 1 unspecified atom stereocenters. The summed E-state index contributed by atoms with van der Waals surface area (Å²) in [5, 5.41) is 14.8. The summed E-state index contributed by atoms with van der Waals surface area (Å²) in [4.78, 5) is 32.7. The molecule has 7 heteroatoms. The van der Waals surface area contributed by atoms with Crippen LogP contribution in [0.25, 0.3) is 0 Å². The average Bonchev–Trinajstić information content (AvgIpc) is 2.84. The molecule has 1 atom stereocenters. The van der Waals surface area contributed by atoms with E-state index < -0.39 is 11.9 Å². The fraction of sp³-hybridized carbons (Fsp3) is 0.348. The minimum atomic E-state index is -1.82. The molecule has 2 aromatic rings. The lowest BCUT2D eigenvalue weighted by atomic mass is 9.86. The Morgan fingerprint density at radius 1 is 0.967 bits per heavy atom. The number of primary amides is 1. The highest BCUT2D eigenvalue weighted by atomic mass is 16.4. The van der Waals surface area contributed by atoms with Gasteiger partial charge in [-0.05, 0) is 74.1 Å². The fourth-order valence-electron chi connectivity index (χ4n) is 3.68. The number of nitrogens with zero attached hydrogens (tertiary/aromatic N) is 1. The third kappa shape index (κ3) is 6.15. The maximum Gasteiger partial charge on any atom is 0.414 e. The summed E-state index contributed by atoms with van der Waals surface area (Å²) in [7, 11) is 4.19. The predicted octanol–water partition coefficient (Wildman–Crippen LogP) is 2.05. The molecule has 0 fully saturated rings. The number of fused-ring (bicyclic) bond motifs is 2. The van der Waals surface area contributed by atoms with Crippen molar-refractivity contribution in [3.8, 4) is 0 Å². The van der Waals surface area contributed by atoms with E-state index in [-0.39, 0.29) is 11.8 Å². The van der Waals surface area contributed by atoms with Gasteiger partial charge in [0.25, 0.3) is 0 Å². The van der Waals surface area contributed by atoms with Crippen LogP contribution in [0, 0.1) is 0 Å². The van der Waals surface area contributed by atoms with Crippen LogP contribution in [-0.2, 0) is 33.6 Å². The highest BCUT2D eigenvalue weighted by molar-refractivity contribution is 6.27. The molecular formula is C23H28N2O5. The largest absolute Gasteiger partial charge is 0.473 e. The van der Waals surface area contributed by atoms with Gasteiger partial charge in [0.1, 0.15) is 0 Å². The Labute approximate surface area is 176 Å². The molecule has 0 aliphatic heterocycles. The van der Waals surface area contributed by atoms with Crippen LogP contribution in [-0.4, -0.2) is 53.6 Å². The number of amides is 1. The van der Waals surface area contributed by atoms with Crippen molar-refractivity contribution in [2.24, 2.45) is 5.73 Å². The molecule has 7 nitrogen and oxygen atoms in total. The Balaban J connectivity index is 0.000000469. The van der Waals surface area contributed by atoms with Crippen molar-refractivity contribution in [3.05, 3.63) is 70.3 Å². The summed E-state index contributed by atoms with van der Waals surface area (Å²) >= 11 is 0. The molecule has 160 valence electrons. The van der Waals surface area contributed by atoms with Crippen molar-refractivity contribution in [1.82, 2.24) is 4.90 Å². The van der Waals surface area contributed by atoms with Gasteiger partial charge in [0.15, 0.2) is 0 Å². The Kier molecular flexibility index (Phi) is 8.12. The smallest absolute Gasteiger partial charge is 0.414 e. The zero-order valence-electron chi connectivity index (χ0n) is 17.3. The lowest BCUT2D eigenvalue weighted by Gasteiger charge is -2.18. The van der Waals surface area contributed by atoms with Crippen LogP contribution >= 0.6 is 0 Å². The summed E-state index contributed by atoms with van der Waals surface area (Å²) in [5.74, 6) is -4.23. The van der Waals surface area contributed by atoms with E-state index >= 15 is 0 Å². The number of hydrogen-bond donors (Lipinski definition) is 3. The van der Waals surface area contributed by atoms with Crippen LogP contribution in [0.4, 0.5) is 0 Å². The summed E-state index contributed by atoms with van der Waals surface area (Å²) in [5.41, 5.74) is 11.8. The lowest BCUT2D eigenvalue weighted by molar-refractivity contribution is -0.159. The summed E-state index contributed by atoms with van der Waals surface area (Å²) < 4.78 is 0. The van der Waals surface area contributed by atoms with Gasteiger partial charge in [-0.25, -0.2) is 9.59 Å². The quantitative estimate of drug-likeness (QED) is 0.647. The molecular weight excluding hydrogens is 384 g/mol. The molecule has 1 aliphatic rings. The van der Waals surface area contributed by atoms with E-state index in [1.807, 2.05) is 12.1 Å². The molecule has 0 bridgehead atoms. The first-order chi connectivity index (χ1) is 14.2. The molecule has 1 amide bonds. The van der Waals surface area contributed by atoms with E-state index in [0.717, 1.165) is 43.4 Å². The first-order valence-electron chi connectivity index (χ1n) is 9.80. The van der Waals surface area contributed by atoms with Crippen LogP contribution in [0.2, 0.25) is 0 Å². The van der Waals surface area contributed by atoms with Gasteiger partial charge in [-0.1, -0.05) is 42.5 Å². The SMILES string of the molecule is CN(C)CCCc1ccc2c(c1)C(C(N)=O)c1ccccc1CC2.O=C(O)C(=O)O. The number of benzene rings is 2. The summed E-state index contributed by atoms with van der Waals surface area (Å²) in [6.07, 6.45) is 4.07. The molecule has 0 saturated heterocycles. The second-order valence-corrected chi connectivity index (χ2v) is 7.58. The van der Waals surface area contributed by atoms with Gasteiger partial charge in [-0.2, -0.15) is 0 Å². The second kappa shape index (κ2) is 10.5. The van der Waals surface area contributed by atoms with Gasteiger partial charge in [0.2, 0.25) is 5.91 Å². The number of carboxylic acids is 2. The predicted molar refractivity (Wildman–Crippen MR) is 113 cm³/mol. The highest BCUT2D eigenvalue weighted by Crippen LogP contribution is 2.34. The number of carbonyl (C=O) groups excluding carboxylic acids is 1. The maximum absolute atomic E-state index is 12.3. The van der Waals surface area contributed by atoms with Gasteiger partial charge in [0.05, 0.1) is 5.92 Å². The van der Waals surface area contributed by atoms with Crippen LogP contribution < -0.4 is 5.73 Å². The second-order valence-electron chi connectivity index (χ2n) is 7.58. The third-order valence-electron chi connectivity index (χ3n) is 5.09. The van der Waals surface area contributed by atoms with E-state index in [1.54, 1.807) is 0 Å². The number of rotatable bonds is 5. The monoisotopic (exact) mass is 412 g/mol. The molecule has 0 radical (unpaired) electrons. The van der Waals surface area contributed by atoms with E-state index in [0.29, 0.717) is 0 Å². The first kappa shape index (κ1) is 23.1. The zero-order valence-corrected chi connectivity index (χ0v) is 17.3. The van der Waals surface area contributed by atoms with Crippen molar-refractivity contribution in [3.63, 3.8) is 0 Å². The first-order valence-corrected chi connectivity index (χ1v) is 9.80. The number of aryl methyl sites for hydroxylation is 3. The summed E-state index contributed by atoms with van der Waals surface area (Å²) in [6.45, 7) is 1.07. The van der Waals surface area contributed by atoms with Crippen LogP contribution in [0.3, 0.4) is 0 Å². The van der Waals surface area contributed by atoms with Gasteiger partial charge >= 0.3 is 11.9 Å². The standard InChI is InChI=1S/C21H26N2O.C2H2O4/c1-23(2)13-5-6-15-9-10-17-12-11-16-7-3-4-8-18(16)20(21(22)24)19(17)14-15;3-1(4)2(5)6/h3-4,7-10,14,20H,5-6,11-13H2,1-2H3,(H2,22,24);(H,3,4)(H,5,6). The molecule has 1 aliphatic carbocycles. The maximum atomic E-state index is 12.3. The van der Waals surface area contributed by atoms with Gasteiger partial charge in [0, 0.05) is 0 Å². The molecule has 3 rings (SSSR count). The fourth-order valence-corrected chi connectivity index (χ4v) is 3.68. The average molecular weight is 412 g/mol. The van der Waals surface area contributed by atoms with Crippen LogP contribution in [0.15, 0.2) is 42.5 Å². The number of carboxylic acid groups (broad SMARTS) is 2. The van der Waals surface area contributed by atoms with E-state index in [1.165, 1.54) is 16.7 Å². The molecule has 0 saturated carbocycles. The topological polar surface area (TPSA) is 121 Å². The van der Waals surface area contributed by atoms with Crippen molar-refractivity contribution >= 4 is 17.8 Å². The minimum absolute atomic E-state index is 0.254. The van der Waals surface area contributed by atoms with Crippen molar-refractivity contribution in [2.45, 2.75) is 31.6 Å². The lowest BCUT2D eigenvalue weighted by Crippen LogP contribution is -2.23. The number of carbonyl (C=O) groups is 3. The van der Waals surface area contributed by atoms with Gasteiger partial charge in [-0.15, -0.1) is 0 Å². The van der Waals surface area contributed by atoms with Gasteiger partial charge < -0.3 is 20.8 Å². The van der Waals surface area contributed by atoms with E-state index in [2.05, 4.69) is 49.3 Å². The van der Waals surface area contributed by atoms with Crippen molar-refractivity contribution < 1.29 is 24.6 Å². The Morgan fingerprint density at radius 2 is 1.57 bits per heavy atom. The zero-order chi connectivity index (χ0) is 22.3. The Morgan fingerprint density at radius 3 is 2.13 bits per heavy atom. The highest BCUT2D eigenvalue weighted by Gasteiger charge is 2.27. The molecule has 4 N–H and O–H groups in total. The number of hydrogen-bond acceptors (Lipinski definition) is 4.